The van der Waals surface area contributed by atoms with Gasteiger partial charge < -0.3 is 10.2 Å². The fourth-order valence-electron chi connectivity index (χ4n) is 3.97. The number of carbonyl (C=O) groups is 1. The van der Waals surface area contributed by atoms with E-state index in [0.717, 1.165) is 53.7 Å². The summed E-state index contributed by atoms with van der Waals surface area (Å²) in [4.78, 5) is 35.8. The topological polar surface area (TPSA) is 70.5 Å². The van der Waals surface area contributed by atoms with Gasteiger partial charge in [-0.25, -0.2) is 9.37 Å². The van der Waals surface area contributed by atoms with Crippen LogP contribution in [0.2, 0.25) is 0 Å². The van der Waals surface area contributed by atoms with Gasteiger partial charge in [0.1, 0.15) is 10.6 Å². The van der Waals surface area contributed by atoms with Crippen molar-refractivity contribution in [3.8, 4) is 0 Å². The molecular formula is C23H28FN5O2S. The monoisotopic (exact) mass is 457 g/mol. The number of nitrogens with one attached hydrogen (secondary N) is 1. The zero-order valence-corrected chi connectivity index (χ0v) is 19.3. The Labute approximate surface area is 190 Å². The molecule has 9 heteroatoms. The first-order valence-electron chi connectivity index (χ1n) is 10.9. The molecule has 1 saturated heterocycles. The maximum absolute atomic E-state index is 13.1. The lowest BCUT2D eigenvalue weighted by atomic mass is 10.2. The molecule has 32 heavy (non-hydrogen) atoms. The first-order valence-corrected chi connectivity index (χ1v) is 11.7. The molecule has 1 amide bonds. The first-order chi connectivity index (χ1) is 15.4. The Morgan fingerprint density at radius 2 is 1.84 bits per heavy atom. The van der Waals surface area contributed by atoms with Crippen molar-refractivity contribution in [3.05, 3.63) is 57.2 Å². The summed E-state index contributed by atoms with van der Waals surface area (Å²) in [5.74, 6) is -0.290. The van der Waals surface area contributed by atoms with Crippen molar-refractivity contribution >= 4 is 33.1 Å². The Morgan fingerprint density at radius 1 is 1.12 bits per heavy atom. The number of anilines is 1. The van der Waals surface area contributed by atoms with Gasteiger partial charge >= 0.3 is 0 Å². The molecule has 4 rings (SSSR count). The predicted molar refractivity (Wildman–Crippen MR) is 126 cm³/mol. The van der Waals surface area contributed by atoms with E-state index in [4.69, 9.17) is 0 Å². The van der Waals surface area contributed by atoms with Crippen LogP contribution in [-0.2, 0) is 11.3 Å². The van der Waals surface area contributed by atoms with E-state index in [1.165, 1.54) is 34.4 Å². The maximum atomic E-state index is 13.1. The van der Waals surface area contributed by atoms with Crippen LogP contribution in [0, 0.1) is 19.7 Å². The molecule has 1 aliphatic rings. The lowest BCUT2D eigenvalue weighted by molar-refractivity contribution is -0.121. The van der Waals surface area contributed by atoms with Crippen LogP contribution in [0.5, 0.6) is 0 Å². The Hall–Kier alpha value is -2.78. The van der Waals surface area contributed by atoms with Crippen molar-refractivity contribution < 1.29 is 9.18 Å². The minimum atomic E-state index is -0.221. The van der Waals surface area contributed by atoms with Crippen LogP contribution in [0.15, 0.2) is 35.4 Å². The van der Waals surface area contributed by atoms with Crippen molar-refractivity contribution in [2.24, 2.45) is 0 Å². The van der Waals surface area contributed by atoms with Crippen molar-refractivity contribution in [3.63, 3.8) is 0 Å². The number of hydrogen-bond donors (Lipinski definition) is 1. The average molecular weight is 458 g/mol. The highest BCUT2D eigenvalue weighted by atomic mass is 32.1. The van der Waals surface area contributed by atoms with Gasteiger partial charge in [0.15, 0.2) is 0 Å². The molecule has 3 aromatic rings. The predicted octanol–water partition coefficient (Wildman–Crippen LogP) is 2.54. The lowest BCUT2D eigenvalue weighted by Crippen LogP contribution is -2.48. The molecule has 1 aliphatic heterocycles. The summed E-state index contributed by atoms with van der Waals surface area (Å²) in [6.45, 7) is 9.14. The second-order valence-electron chi connectivity index (χ2n) is 8.11. The molecule has 0 unspecified atom stereocenters. The average Bonchev–Trinajstić information content (AvgIpc) is 3.08. The molecule has 7 nitrogen and oxygen atoms in total. The van der Waals surface area contributed by atoms with Gasteiger partial charge in [-0.1, -0.05) is 0 Å². The largest absolute Gasteiger partial charge is 0.369 e. The summed E-state index contributed by atoms with van der Waals surface area (Å²) in [6, 6.07) is 6.60. The van der Waals surface area contributed by atoms with Crippen LogP contribution < -0.4 is 15.8 Å². The minimum Gasteiger partial charge on any atom is -0.369 e. The zero-order valence-electron chi connectivity index (χ0n) is 18.4. The summed E-state index contributed by atoms with van der Waals surface area (Å²) in [7, 11) is 0. The molecule has 0 aliphatic carbocycles. The third-order valence-corrected chi connectivity index (χ3v) is 7.17. The van der Waals surface area contributed by atoms with Crippen molar-refractivity contribution in [2.75, 3.05) is 44.2 Å². The number of nitrogens with zero attached hydrogens (tertiary/aromatic N) is 4. The van der Waals surface area contributed by atoms with E-state index < -0.39 is 0 Å². The van der Waals surface area contributed by atoms with Crippen LogP contribution >= 0.6 is 11.3 Å². The molecule has 3 heterocycles. The normalized spacial score (nSPS) is 14.8. The van der Waals surface area contributed by atoms with E-state index in [9.17, 15) is 14.0 Å². The number of hydrogen-bond acceptors (Lipinski definition) is 6. The number of benzene rings is 1. The quantitative estimate of drug-likeness (QED) is 0.591. The number of carbonyl (C=O) groups excluding carboxylic acids is 1. The van der Waals surface area contributed by atoms with E-state index in [2.05, 4.69) is 20.1 Å². The summed E-state index contributed by atoms with van der Waals surface area (Å²) < 4.78 is 14.6. The maximum Gasteiger partial charge on any atom is 0.262 e. The van der Waals surface area contributed by atoms with Crippen molar-refractivity contribution in [2.45, 2.75) is 26.8 Å². The minimum absolute atomic E-state index is 0.0693. The van der Waals surface area contributed by atoms with Crippen molar-refractivity contribution in [1.82, 2.24) is 19.8 Å². The Kier molecular flexibility index (Phi) is 6.86. The molecule has 0 radical (unpaired) electrons. The second-order valence-corrected chi connectivity index (χ2v) is 9.31. The number of rotatable bonds is 7. The van der Waals surface area contributed by atoms with Gasteiger partial charge in [-0.3, -0.25) is 19.1 Å². The highest BCUT2D eigenvalue weighted by Gasteiger charge is 2.17. The molecule has 1 fully saturated rings. The summed E-state index contributed by atoms with van der Waals surface area (Å²) in [5, 5.41) is 3.61. The van der Waals surface area contributed by atoms with Gasteiger partial charge in [0.2, 0.25) is 5.91 Å². The lowest BCUT2D eigenvalue weighted by Gasteiger charge is -2.36. The Bertz CT molecular complexity index is 1150. The number of halogens is 1. The molecule has 1 aromatic carbocycles. The van der Waals surface area contributed by atoms with Gasteiger partial charge in [0, 0.05) is 62.8 Å². The van der Waals surface area contributed by atoms with Crippen LogP contribution in [0.1, 0.15) is 16.9 Å². The number of aromatic nitrogens is 2. The highest BCUT2D eigenvalue weighted by Crippen LogP contribution is 2.25. The van der Waals surface area contributed by atoms with Gasteiger partial charge in [-0.2, -0.15) is 0 Å². The fourth-order valence-corrected chi connectivity index (χ4v) is 4.96. The summed E-state index contributed by atoms with van der Waals surface area (Å²) in [5.41, 5.74) is 1.93. The SMILES string of the molecule is Cc1sc2ncn(CCC(=O)NCCN3CCN(c4ccc(F)cc4)CC3)c(=O)c2c1C. The van der Waals surface area contributed by atoms with Crippen LogP contribution in [-0.4, -0.2) is 59.6 Å². The molecule has 0 bridgehead atoms. The molecule has 170 valence electrons. The molecule has 0 saturated carbocycles. The van der Waals surface area contributed by atoms with Crippen molar-refractivity contribution in [1.29, 1.82) is 0 Å². The third kappa shape index (κ3) is 4.99. The van der Waals surface area contributed by atoms with Gasteiger partial charge in [0.05, 0.1) is 11.7 Å². The van der Waals surface area contributed by atoms with E-state index in [1.54, 1.807) is 0 Å². The molecule has 2 aromatic heterocycles. The molecule has 1 N–H and O–H groups in total. The van der Waals surface area contributed by atoms with Crippen LogP contribution in [0.25, 0.3) is 10.2 Å². The third-order valence-electron chi connectivity index (χ3n) is 6.05. The number of fused-ring (bicyclic) bond motifs is 1. The van der Waals surface area contributed by atoms with Gasteiger partial charge in [0.25, 0.3) is 5.56 Å². The van der Waals surface area contributed by atoms with E-state index >= 15 is 0 Å². The number of piperazine rings is 1. The smallest absolute Gasteiger partial charge is 0.262 e. The molecule has 0 atom stereocenters. The molecular weight excluding hydrogens is 429 g/mol. The summed E-state index contributed by atoms with van der Waals surface area (Å²) >= 11 is 1.52. The van der Waals surface area contributed by atoms with E-state index in [0.29, 0.717) is 18.5 Å². The van der Waals surface area contributed by atoms with E-state index in [-0.39, 0.29) is 23.7 Å². The Balaban J connectivity index is 1.20. The number of aryl methyl sites for hydroxylation is 3. The van der Waals surface area contributed by atoms with Crippen LogP contribution in [0.4, 0.5) is 10.1 Å². The fraction of sp³-hybridized carbons (Fsp3) is 0.435. The van der Waals surface area contributed by atoms with Gasteiger partial charge in [-0.05, 0) is 43.7 Å². The summed E-state index contributed by atoms with van der Waals surface area (Å²) in [6.07, 6.45) is 1.78. The number of thiophene rings is 1. The Morgan fingerprint density at radius 3 is 2.56 bits per heavy atom. The van der Waals surface area contributed by atoms with E-state index in [1.807, 2.05) is 26.0 Å². The first kappa shape index (κ1) is 22.4. The zero-order chi connectivity index (χ0) is 22.7. The standard InChI is InChI=1S/C23H28FN5O2S/c1-16-17(2)32-22-21(16)23(31)29(15-26-22)9-7-20(30)25-8-10-27-11-13-28(14-12-27)19-5-3-18(24)4-6-19/h3-6,15H,7-14H2,1-2H3,(H,25,30). The molecule has 0 spiro atoms. The second kappa shape index (κ2) is 9.79. The highest BCUT2D eigenvalue weighted by molar-refractivity contribution is 7.18. The van der Waals surface area contributed by atoms with Crippen LogP contribution in [0.3, 0.4) is 0 Å². The van der Waals surface area contributed by atoms with Gasteiger partial charge in [-0.15, -0.1) is 11.3 Å². The number of amides is 1.